The lowest BCUT2D eigenvalue weighted by Crippen LogP contribution is -2.50. The van der Waals surface area contributed by atoms with Crippen molar-refractivity contribution in [3.8, 4) is 0 Å². The Labute approximate surface area is 83.9 Å². The van der Waals surface area contributed by atoms with Gasteiger partial charge >= 0.3 is 0 Å². The van der Waals surface area contributed by atoms with Gasteiger partial charge in [0.05, 0.1) is 0 Å². The molecule has 0 unspecified atom stereocenters. The normalized spacial score (nSPS) is 15.1. The molecule has 0 radical (unpaired) electrons. The number of rotatable bonds is 4. The van der Waals surface area contributed by atoms with Crippen molar-refractivity contribution in [1.82, 2.24) is 5.32 Å². The zero-order valence-electron chi connectivity index (χ0n) is 8.33. The zero-order chi connectivity index (χ0) is 10.6. The van der Waals surface area contributed by atoms with Gasteiger partial charge in [0.15, 0.2) is 5.85 Å². The molecule has 6 N–H and O–H groups in total. The van der Waals surface area contributed by atoms with Crippen LogP contribution in [-0.2, 0) is 13.1 Å². The van der Waals surface area contributed by atoms with Crippen molar-refractivity contribution < 1.29 is 5.11 Å². The van der Waals surface area contributed by atoms with E-state index in [2.05, 4.69) is 5.32 Å². The van der Waals surface area contributed by atoms with Crippen molar-refractivity contribution >= 4 is 0 Å². The molecule has 14 heavy (non-hydrogen) atoms. The van der Waals surface area contributed by atoms with E-state index in [0.29, 0.717) is 13.1 Å². The molecule has 1 rings (SSSR count). The van der Waals surface area contributed by atoms with Gasteiger partial charge in [0, 0.05) is 13.1 Å². The Morgan fingerprint density at radius 3 is 2.64 bits per heavy atom. The molecular weight excluding hydrogens is 178 g/mol. The summed E-state index contributed by atoms with van der Waals surface area (Å²) in [5, 5.41) is 12.0. The highest BCUT2D eigenvalue weighted by atomic mass is 16.3. The van der Waals surface area contributed by atoms with Gasteiger partial charge in [-0.25, -0.2) is 0 Å². The van der Waals surface area contributed by atoms with E-state index in [9.17, 15) is 5.11 Å². The molecule has 0 saturated carbocycles. The lowest BCUT2D eigenvalue weighted by molar-refractivity contribution is 0.0288. The highest BCUT2D eigenvalue weighted by Gasteiger charge is 2.10. The summed E-state index contributed by atoms with van der Waals surface area (Å²) in [6.07, 6.45) is 0. The molecule has 0 heterocycles. The first-order valence-electron chi connectivity index (χ1n) is 4.55. The maximum Gasteiger partial charge on any atom is 0.166 e. The van der Waals surface area contributed by atoms with Crippen LogP contribution in [0.25, 0.3) is 0 Å². The van der Waals surface area contributed by atoms with Crippen LogP contribution < -0.4 is 16.8 Å². The van der Waals surface area contributed by atoms with Gasteiger partial charge < -0.3 is 10.8 Å². The number of benzene rings is 1. The highest BCUT2D eigenvalue weighted by molar-refractivity contribution is 5.23. The molecule has 0 saturated heterocycles. The number of nitrogens with one attached hydrogen (secondary N) is 1. The van der Waals surface area contributed by atoms with E-state index < -0.39 is 5.85 Å². The Morgan fingerprint density at radius 2 is 2.07 bits per heavy atom. The Morgan fingerprint density at radius 1 is 1.43 bits per heavy atom. The summed E-state index contributed by atoms with van der Waals surface area (Å²) in [7, 11) is 0. The minimum atomic E-state index is -1.33. The molecule has 4 heteroatoms. The topological polar surface area (TPSA) is 84.3 Å². The van der Waals surface area contributed by atoms with Crippen molar-refractivity contribution in [2.24, 2.45) is 11.5 Å². The minimum absolute atomic E-state index is 0.521. The summed E-state index contributed by atoms with van der Waals surface area (Å²) in [5.74, 6) is -1.33. The summed E-state index contributed by atoms with van der Waals surface area (Å²) >= 11 is 0. The second-order valence-electron chi connectivity index (χ2n) is 3.53. The SMILES string of the molecule is C[C@](N)(O)NCc1cccc(CN)c1. The van der Waals surface area contributed by atoms with Gasteiger partial charge in [0.1, 0.15) is 0 Å². The second-order valence-corrected chi connectivity index (χ2v) is 3.53. The molecule has 1 atom stereocenters. The molecule has 0 amide bonds. The molecule has 78 valence electrons. The zero-order valence-corrected chi connectivity index (χ0v) is 8.33. The fraction of sp³-hybridized carbons (Fsp3) is 0.400. The molecule has 0 aliphatic carbocycles. The smallest absolute Gasteiger partial charge is 0.166 e. The van der Waals surface area contributed by atoms with Crippen molar-refractivity contribution in [2.45, 2.75) is 25.9 Å². The van der Waals surface area contributed by atoms with Gasteiger partial charge in [-0.2, -0.15) is 0 Å². The summed E-state index contributed by atoms with van der Waals surface area (Å²) in [4.78, 5) is 0. The molecule has 0 aliphatic rings. The molecule has 0 aromatic heterocycles. The van der Waals surface area contributed by atoms with Gasteiger partial charge in [-0.3, -0.25) is 11.1 Å². The van der Waals surface area contributed by atoms with Crippen LogP contribution in [0.15, 0.2) is 24.3 Å². The van der Waals surface area contributed by atoms with Gasteiger partial charge in [0.2, 0.25) is 0 Å². The predicted molar refractivity (Wildman–Crippen MR) is 56.0 cm³/mol. The van der Waals surface area contributed by atoms with E-state index in [1.807, 2.05) is 24.3 Å². The maximum atomic E-state index is 9.25. The van der Waals surface area contributed by atoms with Crippen molar-refractivity contribution in [3.63, 3.8) is 0 Å². The van der Waals surface area contributed by atoms with Crippen LogP contribution in [0.1, 0.15) is 18.1 Å². The average Bonchev–Trinajstić information content (AvgIpc) is 2.14. The van der Waals surface area contributed by atoms with Gasteiger partial charge in [-0.15, -0.1) is 0 Å². The van der Waals surface area contributed by atoms with Crippen LogP contribution in [-0.4, -0.2) is 11.0 Å². The predicted octanol–water partition coefficient (Wildman–Crippen LogP) is -0.140. The largest absolute Gasteiger partial charge is 0.363 e. The van der Waals surface area contributed by atoms with Crippen molar-refractivity contribution in [1.29, 1.82) is 0 Å². The van der Waals surface area contributed by atoms with Gasteiger partial charge in [-0.1, -0.05) is 24.3 Å². The molecular formula is C10H17N3O. The summed E-state index contributed by atoms with van der Waals surface area (Å²) in [6.45, 7) is 2.55. The molecule has 1 aromatic rings. The first-order valence-corrected chi connectivity index (χ1v) is 4.55. The molecule has 0 spiro atoms. The van der Waals surface area contributed by atoms with Crippen LogP contribution in [0.5, 0.6) is 0 Å². The van der Waals surface area contributed by atoms with Crippen LogP contribution in [0.3, 0.4) is 0 Å². The average molecular weight is 195 g/mol. The lowest BCUT2D eigenvalue weighted by atomic mass is 10.1. The maximum absolute atomic E-state index is 9.25. The molecule has 1 aromatic carbocycles. The van der Waals surface area contributed by atoms with E-state index >= 15 is 0 Å². The third-order valence-electron chi connectivity index (χ3n) is 1.88. The number of nitrogens with two attached hydrogens (primary N) is 2. The number of aliphatic hydroxyl groups is 1. The summed E-state index contributed by atoms with van der Waals surface area (Å²) in [5.41, 5.74) is 13.0. The highest BCUT2D eigenvalue weighted by Crippen LogP contribution is 2.04. The lowest BCUT2D eigenvalue weighted by Gasteiger charge is -2.19. The van der Waals surface area contributed by atoms with Gasteiger partial charge in [-0.05, 0) is 18.1 Å². The molecule has 4 nitrogen and oxygen atoms in total. The Kier molecular flexibility index (Phi) is 3.60. The van der Waals surface area contributed by atoms with E-state index in [1.165, 1.54) is 6.92 Å². The standard InChI is InChI=1S/C10H17N3O/c1-10(12,14)13-7-9-4-2-3-8(5-9)6-11/h2-5,13-14H,6-7,11-12H2,1H3/t10-/m1/s1. The molecule has 0 bridgehead atoms. The third kappa shape index (κ3) is 3.85. The van der Waals surface area contributed by atoms with Crippen molar-refractivity contribution in [3.05, 3.63) is 35.4 Å². The Balaban J connectivity index is 2.59. The van der Waals surface area contributed by atoms with Crippen LogP contribution in [0.4, 0.5) is 0 Å². The van der Waals surface area contributed by atoms with E-state index in [4.69, 9.17) is 11.5 Å². The first-order chi connectivity index (χ1) is 6.51. The Hall–Kier alpha value is -0.940. The number of hydrogen-bond acceptors (Lipinski definition) is 4. The van der Waals surface area contributed by atoms with Crippen LogP contribution in [0, 0.1) is 0 Å². The molecule has 0 aliphatic heterocycles. The quantitative estimate of drug-likeness (QED) is 0.504. The molecule has 0 fully saturated rings. The fourth-order valence-corrected chi connectivity index (χ4v) is 1.15. The van der Waals surface area contributed by atoms with Crippen molar-refractivity contribution in [2.75, 3.05) is 0 Å². The third-order valence-corrected chi connectivity index (χ3v) is 1.88. The van der Waals surface area contributed by atoms with E-state index in [0.717, 1.165) is 11.1 Å². The van der Waals surface area contributed by atoms with Crippen LogP contribution in [0.2, 0.25) is 0 Å². The number of hydrogen-bond donors (Lipinski definition) is 4. The van der Waals surface area contributed by atoms with E-state index in [-0.39, 0.29) is 0 Å². The fourth-order valence-electron chi connectivity index (χ4n) is 1.15. The van der Waals surface area contributed by atoms with E-state index in [1.54, 1.807) is 0 Å². The summed E-state index contributed by atoms with van der Waals surface area (Å²) in [6, 6.07) is 7.84. The second kappa shape index (κ2) is 4.52. The van der Waals surface area contributed by atoms with Gasteiger partial charge in [0.25, 0.3) is 0 Å². The monoisotopic (exact) mass is 195 g/mol. The Bertz CT molecular complexity index is 294. The first kappa shape index (κ1) is 11.1. The minimum Gasteiger partial charge on any atom is -0.363 e. The summed E-state index contributed by atoms with van der Waals surface area (Å²) < 4.78 is 0. The van der Waals surface area contributed by atoms with Crippen LogP contribution >= 0.6 is 0 Å².